The molecule has 0 aliphatic heterocycles. The highest BCUT2D eigenvalue weighted by Gasteiger charge is 2.14. The van der Waals surface area contributed by atoms with Crippen molar-refractivity contribution in [3.63, 3.8) is 0 Å². The summed E-state index contributed by atoms with van der Waals surface area (Å²) in [4.78, 5) is 0. The van der Waals surface area contributed by atoms with Crippen LogP contribution < -0.4 is 0 Å². The van der Waals surface area contributed by atoms with Crippen molar-refractivity contribution in [2.75, 3.05) is 5.75 Å². The Bertz CT molecular complexity index is 198. The molecule has 0 bridgehead atoms. The van der Waals surface area contributed by atoms with Gasteiger partial charge in [-0.2, -0.15) is 11.8 Å². The minimum atomic E-state index is -0.227. The normalized spacial score (nSPS) is 19.9. The Labute approximate surface area is 91.7 Å². The van der Waals surface area contributed by atoms with Crippen LogP contribution in [-0.2, 0) is 0 Å². The lowest BCUT2D eigenvalue weighted by atomic mass is 10.0. The molecule has 0 aromatic rings. The predicted molar refractivity (Wildman–Crippen MR) is 63.4 cm³/mol. The number of aliphatic hydroxyl groups excluding tert-OH is 1. The summed E-state index contributed by atoms with van der Waals surface area (Å²) in [7, 11) is 0. The molecule has 0 aromatic heterocycles. The van der Waals surface area contributed by atoms with Gasteiger partial charge in [0.05, 0.1) is 6.10 Å². The first-order valence-electron chi connectivity index (χ1n) is 5.52. The molecule has 1 nitrogen and oxygen atoms in total. The summed E-state index contributed by atoms with van der Waals surface area (Å²) in [6.45, 7) is 1.82. The van der Waals surface area contributed by atoms with Crippen molar-refractivity contribution in [3.8, 4) is 11.8 Å². The molecule has 1 unspecified atom stereocenters. The van der Waals surface area contributed by atoms with Crippen LogP contribution in [0.3, 0.4) is 0 Å². The number of rotatable bonds is 4. The van der Waals surface area contributed by atoms with Crippen molar-refractivity contribution in [1.82, 2.24) is 0 Å². The largest absolute Gasteiger partial charge is 0.391 e. The number of hydrogen-bond donors (Lipinski definition) is 1. The molecule has 0 radical (unpaired) electrons. The van der Waals surface area contributed by atoms with E-state index in [0.29, 0.717) is 6.42 Å². The van der Waals surface area contributed by atoms with Crippen molar-refractivity contribution in [3.05, 3.63) is 0 Å². The van der Waals surface area contributed by atoms with Crippen molar-refractivity contribution in [2.24, 2.45) is 0 Å². The van der Waals surface area contributed by atoms with Gasteiger partial charge in [-0.25, -0.2) is 0 Å². The van der Waals surface area contributed by atoms with Crippen molar-refractivity contribution >= 4 is 11.8 Å². The van der Waals surface area contributed by atoms with Crippen molar-refractivity contribution < 1.29 is 5.11 Å². The molecule has 0 saturated heterocycles. The number of thioether (sulfide) groups is 1. The SMILES string of the molecule is CC#CCC(O)CSC1CCCCC1. The highest BCUT2D eigenvalue weighted by molar-refractivity contribution is 7.99. The zero-order valence-corrected chi connectivity index (χ0v) is 9.78. The Morgan fingerprint density at radius 2 is 2.07 bits per heavy atom. The summed E-state index contributed by atoms with van der Waals surface area (Å²) in [5.74, 6) is 6.60. The van der Waals surface area contributed by atoms with E-state index >= 15 is 0 Å². The van der Waals surface area contributed by atoms with E-state index in [-0.39, 0.29) is 6.10 Å². The summed E-state index contributed by atoms with van der Waals surface area (Å²) in [5.41, 5.74) is 0. The highest BCUT2D eigenvalue weighted by Crippen LogP contribution is 2.28. The predicted octanol–water partition coefficient (Wildman–Crippen LogP) is 2.83. The summed E-state index contributed by atoms with van der Waals surface area (Å²) in [6, 6.07) is 0. The van der Waals surface area contributed by atoms with E-state index in [9.17, 15) is 5.11 Å². The van der Waals surface area contributed by atoms with E-state index in [4.69, 9.17) is 0 Å². The van der Waals surface area contributed by atoms with E-state index in [0.717, 1.165) is 11.0 Å². The molecule has 0 aromatic carbocycles. The fourth-order valence-electron chi connectivity index (χ4n) is 1.76. The van der Waals surface area contributed by atoms with E-state index in [1.807, 2.05) is 18.7 Å². The maximum absolute atomic E-state index is 9.59. The second-order valence-corrected chi connectivity index (χ2v) is 5.21. The average molecular weight is 212 g/mol. The minimum absolute atomic E-state index is 0.227. The van der Waals surface area contributed by atoms with E-state index in [1.54, 1.807) is 0 Å². The first kappa shape index (κ1) is 11.9. The van der Waals surface area contributed by atoms with Gasteiger partial charge in [-0.15, -0.1) is 11.8 Å². The molecular formula is C12H20OS. The van der Waals surface area contributed by atoms with Gasteiger partial charge in [0.2, 0.25) is 0 Å². The number of hydrogen-bond acceptors (Lipinski definition) is 2. The summed E-state index contributed by atoms with van der Waals surface area (Å²) >= 11 is 1.94. The van der Waals surface area contributed by atoms with E-state index < -0.39 is 0 Å². The van der Waals surface area contributed by atoms with Gasteiger partial charge < -0.3 is 5.11 Å². The molecule has 1 fully saturated rings. The lowest BCUT2D eigenvalue weighted by Crippen LogP contribution is -2.15. The first-order valence-corrected chi connectivity index (χ1v) is 6.57. The molecular weight excluding hydrogens is 192 g/mol. The van der Waals surface area contributed by atoms with Gasteiger partial charge in [0.15, 0.2) is 0 Å². The third kappa shape index (κ3) is 4.93. The van der Waals surface area contributed by atoms with Crippen LogP contribution in [0.1, 0.15) is 45.4 Å². The van der Waals surface area contributed by atoms with Gasteiger partial charge in [-0.3, -0.25) is 0 Å². The smallest absolute Gasteiger partial charge is 0.0739 e. The van der Waals surface area contributed by atoms with Crippen molar-refractivity contribution in [1.29, 1.82) is 0 Å². The Kier molecular flexibility index (Phi) is 6.14. The monoisotopic (exact) mass is 212 g/mol. The molecule has 2 heteroatoms. The van der Waals surface area contributed by atoms with Crippen LogP contribution in [0.5, 0.6) is 0 Å². The van der Waals surface area contributed by atoms with Crippen LogP contribution in [0.2, 0.25) is 0 Å². The number of aliphatic hydroxyl groups is 1. The van der Waals surface area contributed by atoms with Crippen molar-refractivity contribution in [2.45, 2.75) is 56.8 Å². The standard InChI is InChI=1S/C12H20OS/c1-2-3-7-11(13)10-14-12-8-5-4-6-9-12/h11-13H,4-10H2,1H3. The van der Waals surface area contributed by atoms with Crippen LogP contribution in [0, 0.1) is 11.8 Å². The quantitative estimate of drug-likeness (QED) is 0.723. The van der Waals surface area contributed by atoms with E-state index in [1.165, 1.54) is 32.1 Å². The molecule has 0 heterocycles. The molecule has 1 saturated carbocycles. The maximum atomic E-state index is 9.59. The second kappa shape index (κ2) is 7.20. The lowest BCUT2D eigenvalue weighted by Gasteiger charge is -2.21. The molecule has 1 N–H and O–H groups in total. The second-order valence-electron chi connectivity index (χ2n) is 3.88. The lowest BCUT2D eigenvalue weighted by molar-refractivity contribution is 0.205. The zero-order valence-electron chi connectivity index (χ0n) is 8.96. The van der Waals surface area contributed by atoms with Gasteiger partial charge in [0, 0.05) is 17.4 Å². The molecule has 1 rings (SSSR count). The van der Waals surface area contributed by atoms with Gasteiger partial charge in [0.25, 0.3) is 0 Å². The molecule has 80 valence electrons. The van der Waals surface area contributed by atoms with Crippen LogP contribution in [0.4, 0.5) is 0 Å². The summed E-state index contributed by atoms with van der Waals surface area (Å²) in [5, 5.41) is 10.4. The maximum Gasteiger partial charge on any atom is 0.0739 e. The average Bonchev–Trinajstić information content (AvgIpc) is 2.25. The first-order chi connectivity index (χ1) is 6.83. The fourth-order valence-corrected chi connectivity index (χ4v) is 3.04. The third-order valence-electron chi connectivity index (χ3n) is 2.59. The fraction of sp³-hybridized carbons (Fsp3) is 0.833. The highest BCUT2D eigenvalue weighted by atomic mass is 32.2. The topological polar surface area (TPSA) is 20.2 Å². The van der Waals surface area contributed by atoms with Crippen LogP contribution >= 0.6 is 11.8 Å². The Morgan fingerprint density at radius 3 is 2.71 bits per heavy atom. The zero-order chi connectivity index (χ0) is 10.2. The molecule has 0 amide bonds. The van der Waals surface area contributed by atoms with Gasteiger partial charge in [0.1, 0.15) is 0 Å². The third-order valence-corrected chi connectivity index (χ3v) is 4.11. The summed E-state index contributed by atoms with van der Waals surface area (Å²) in [6.07, 6.45) is 7.25. The summed E-state index contributed by atoms with van der Waals surface area (Å²) < 4.78 is 0. The molecule has 0 spiro atoms. The molecule has 1 aliphatic rings. The molecule has 1 aliphatic carbocycles. The van der Waals surface area contributed by atoms with Crippen LogP contribution in [0.15, 0.2) is 0 Å². The van der Waals surface area contributed by atoms with E-state index in [2.05, 4.69) is 11.8 Å². The Balaban J connectivity index is 2.08. The minimum Gasteiger partial charge on any atom is -0.391 e. The Hall–Kier alpha value is -0.130. The Morgan fingerprint density at radius 1 is 1.36 bits per heavy atom. The molecule has 14 heavy (non-hydrogen) atoms. The van der Waals surface area contributed by atoms with Crippen LogP contribution in [0.25, 0.3) is 0 Å². The van der Waals surface area contributed by atoms with Crippen LogP contribution in [-0.4, -0.2) is 22.2 Å². The van der Waals surface area contributed by atoms with Gasteiger partial charge >= 0.3 is 0 Å². The van der Waals surface area contributed by atoms with Gasteiger partial charge in [-0.1, -0.05) is 19.3 Å². The molecule has 1 atom stereocenters. The van der Waals surface area contributed by atoms with Gasteiger partial charge in [-0.05, 0) is 19.8 Å².